The van der Waals surface area contributed by atoms with Crippen LogP contribution in [0.25, 0.3) is 0 Å². The van der Waals surface area contributed by atoms with E-state index in [0.717, 1.165) is 32.1 Å². The molecule has 1 N–H and O–H groups in total. The summed E-state index contributed by atoms with van der Waals surface area (Å²) in [6, 6.07) is 2.16. The molecule has 0 amide bonds. The Hall–Kier alpha value is -1.09. The lowest BCUT2D eigenvalue weighted by molar-refractivity contribution is 0.220. The number of rotatable bonds is 4. The largest absolute Gasteiger partial charge is 0.370 e. The van der Waals surface area contributed by atoms with Crippen LogP contribution in [0.1, 0.15) is 52.5 Å². The highest BCUT2D eigenvalue weighted by molar-refractivity contribution is 5.51. The Morgan fingerprint density at radius 3 is 2.81 bits per heavy atom. The highest BCUT2D eigenvalue weighted by Crippen LogP contribution is 2.35. The molecule has 0 spiro atoms. The van der Waals surface area contributed by atoms with Gasteiger partial charge in [0.1, 0.15) is 0 Å². The zero-order valence-electron chi connectivity index (χ0n) is 14.2. The predicted octanol–water partition coefficient (Wildman–Crippen LogP) is 3.84. The van der Waals surface area contributed by atoms with Crippen LogP contribution in [0.4, 0.5) is 5.69 Å². The molecule has 3 nitrogen and oxygen atoms in total. The smallest absolute Gasteiger partial charge is 0.0598 e. The van der Waals surface area contributed by atoms with E-state index >= 15 is 0 Å². The van der Waals surface area contributed by atoms with Crippen molar-refractivity contribution < 1.29 is 0 Å². The van der Waals surface area contributed by atoms with Gasteiger partial charge in [-0.1, -0.05) is 27.7 Å². The quantitative estimate of drug-likeness (QED) is 0.912. The number of nitrogens with zero attached hydrogens (tertiary/aromatic N) is 2. The molecule has 0 aromatic carbocycles. The van der Waals surface area contributed by atoms with Crippen molar-refractivity contribution >= 4 is 5.69 Å². The maximum Gasteiger partial charge on any atom is 0.0598 e. The van der Waals surface area contributed by atoms with E-state index in [1.165, 1.54) is 30.5 Å². The molecule has 1 aliphatic rings. The molecular weight excluding hydrogens is 258 g/mol. The zero-order valence-corrected chi connectivity index (χ0v) is 14.2. The first-order valence-electron chi connectivity index (χ1n) is 8.41. The SMILES string of the molecule is CCNCc1ccncc1N1CCCC(C(C)(C)C)CC1. The van der Waals surface area contributed by atoms with Crippen molar-refractivity contribution in [2.24, 2.45) is 11.3 Å². The van der Waals surface area contributed by atoms with E-state index in [4.69, 9.17) is 0 Å². The minimum atomic E-state index is 0.428. The summed E-state index contributed by atoms with van der Waals surface area (Å²) < 4.78 is 0. The maximum atomic E-state index is 4.36. The third-order valence-corrected chi connectivity index (χ3v) is 4.75. The molecule has 21 heavy (non-hydrogen) atoms. The molecule has 1 aromatic rings. The van der Waals surface area contributed by atoms with Crippen LogP contribution in [0.3, 0.4) is 0 Å². The number of pyridine rings is 1. The van der Waals surface area contributed by atoms with Crippen LogP contribution >= 0.6 is 0 Å². The summed E-state index contributed by atoms with van der Waals surface area (Å²) >= 11 is 0. The van der Waals surface area contributed by atoms with E-state index < -0.39 is 0 Å². The Morgan fingerprint density at radius 1 is 1.29 bits per heavy atom. The number of hydrogen-bond donors (Lipinski definition) is 1. The molecule has 0 bridgehead atoms. The monoisotopic (exact) mass is 289 g/mol. The molecule has 0 radical (unpaired) electrons. The second-order valence-electron chi connectivity index (χ2n) is 7.27. The van der Waals surface area contributed by atoms with Gasteiger partial charge in [-0.3, -0.25) is 4.98 Å². The molecule has 1 aliphatic heterocycles. The van der Waals surface area contributed by atoms with E-state index in [-0.39, 0.29) is 0 Å². The molecular formula is C18H31N3. The number of anilines is 1. The van der Waals surface area contributed by atoms with Gasteiger partial charge in [0.25, 0.3) is 0 Å². The van der Waals surface area contributed by atoms with Crippen molar-refractivity contribution in [1.82, 2.24) is 10.3 Å². The molecule has 0 saturated carbocycles. The van der Waals surface area contributed by atoms with Crippen molar-refractivity contribution in [2.75, 3.05) is 24.5 Å². The van der Waals surface area contributed by atoms with Crippen LogP contribution < -0.4 is 10.2 Å². The topological polar surface area (TPSA) is 28.2 Å². The minimum absolute atomic E-state index is 0.428. The third kappa shape index (κ3) is 4.44. The Labute approximate surface area is 130 Å². The minimum Gasteiger partial charge on any atom is -0.370 e. The normalized spacial score (nSPS) is 20.4. The summed E-state index contributed by atoms with van der Waals surface area (Å²) in [6.45, 7) is 13.6. The highest BCUT2D eigenvalue weighted by atomic mass is 15.1. The second-order valence-corrected chi connectivity index (χ2v) is 7.27. The summed E-state index contributed by atoms with van der Waals surface area (Å²) in [5.74, 6) is 0.830. The number of nitrogens with one attached hydrogen (secondary N) is 1. The fourth-order valence-electron chi connectivity index (χ4n) is 3.31. The molecule has 1 unspecified atom stereocenters. The van der Waals surface area contributed by atoms with E-state index in [1.54, 1.807) is 0 Å². The average molecular weight is 289 g/mol. The van der Waals surface area contributed by atoms with E-state index in [2.05, 4.69) is 49.0 Å². The fraction of sp³-hybridized carbons (Fsp3) is 0.722. The van der Waals surface area contributed by atoms with Gasteiger partial charge in [-0.15, -0.1) is 0 Å². The van der Waals surface area contributed by atoms with Crippen LogP contribution in [-0.4, -0.2) is 24.6 Å². The van der Waals surface area contributed by atoms with E-state index in [1.807, 2.05) is 12.4 Å². The third-order valence-electron chi connectivity index (χ3n) is 4.75. The van der Waals surface area contributed by atoms with Crippen LogP contribution in [0, 0.1) is 11.3 Å². The Kier molecular flexibility index (Phi) is 5.63. The first kappa shape index (κ1) is 16.3. The van der Waals surface area contributed by atoms with Gasteiger partial charge >= 0.3 is 0 Å². The highest BCUT2D eigenvalue weighted by Gasteiger charge is 2.27. The molecule has 0 aliphatic carbocycles. The van der Waals surface area contributed by atoms with Crippen LogP contribution in [0.2, 0.25) is 0 Å². The summed E-state index contributed by atoms with van der Waals surface area (Å²) in [6.07, 6.45) is 7.88. The predicted molar refractivity (Wildman–Crippen MR) is 90.6 cm³/mol. The van der Waals surface area contributed by atoms with Gasteiger partial charge in [0.05, 0.1) is 11.9 Å². The van der Waals surface area contributed by atoms with Gasteiger partial charge in [-0.2, -0.15) is 0 Å². The van der Waals surface area contributed by atoms with Crippen molar-refractivity contribution in [1.29, 1.82) is 0 Å². The fourth-order valence-corrected chi connectivity index (χ4v) is 3.31. The summed E-state index contributed by atoms with van der Waals surface area (Å²) in [7, 11) is 0. The van der Waals surface area contributed by atoms with Gasteiger partial charge in [0.15, 0.2) is 0 Å². The Balaban J connectivity index is 2.08. The van der Waals surface area contributed by atoms with Gasteiger partial charge in [0.2, 0.25) is 0 Å². The lowest BCUT2D eigenvalue weighted by Gasteiger charge is -2.30. The Morgan fingerprint density at radius 2 is 2.10 bits per heavy atom. The Bertz CT molecular complexity index is 436. The maximum absolute atomic E-state index is 4.36. The van der Waals surface area contributed by atoms with Gasteiger partial charge in [-0.05, 0) is 48.8 Å². The zero-order chi connectivity index (χ0) is 15.3. The molecule has 1 atom stereocenters. The van der Waals surface area contributed by atoms with Crippen molar-refractivity contribution in [2.45, 2.75) is 53.5 Å². The van der Waals surface area contributed by atoms with Crippen LogP contribution in [0.15, 0.2) is 18.5 Å². The number of hydrogen-bond acceptors (Lipinski definition) is 3. The van der Waals surface area contributed by atoms with Crippen LogP contribution in [-0.2, 0) is 6.54 Å². The van der Waals surface area contributed by atoms with Gasteiger partial charge in [0, 0.05) is 25.8 Å². The van der Waals surface area contributed by atoms with Gasteiger partial charge < -0.3 is 10.2 Å². The molecule has 2 heterocycles. The number of aromatic nitrogens is 1. The summed E-state index contributed by atoms with van der Waals surface area (Å²) in [4.78, 5) is 6.90. The van der Waals surface area contributed by atoms with Crippen LogP contribution in [0.5, 0.6) is 0 Å². The summed E-state index contributed by atoms with van der Waals surface area (Å²) in [5.41, 5.74) is 3.13. The van der Waals surface area contributed by atoms with Crippen molar-refractivity contribution in [3.05, 3.63) is 24.0 Å². The lowest BCUT2D eigenvalue weighted by atomic mass is 9.77. The van der Waals surface area contributed by atoms with Gasteiger partial charge in [-0.25, -0.2) is 0 Å². The van der Waals surface area contributed by atoms with Crippen molar-refractivity contribution in [3.8, 4) is 0 Å². The lowest BCUT2D eigenvalue weighted by Crippen LogP contribution is -2.27. The molecule has 1 saturated heterocycles. The standard InChI is InChI=1S/C18H31N3/c1-5-19-13-15-8-10-20-14-17(15)21-11-6-7-16(9-12-21)18(2,3)4/h8,10,14,16,19H,5-7,9,11-13H2,1-4H3. The molecule has 2 rings (SSSR count). The molecule has 118 valence electrons. The molecule has 1 fully saturated rings. The molecule has 1 aromatic heterocycles. The van der Waals surface area contributed by atoms with E-state index in [9.17, 15) is 0 Å². The molecule has 3 heteroatoms. The summed E-state index contributed by atoms with van der Waals surface area (Å²) in [5, 5.41) is 3.44. The van der Waals surface area contributed by atoms with E-state index in [0.29, 0.717) is 5.41 Å². The second kappa shape index (κ2) is 7.26. The average Bonchev–Trinajstić information content (AvgIpc) is 2.71. The van der Waals surface area contributed by atoms with Crippen molar-refractivity contribution in [3.63, 3.8) is 0 Å². The first-order valence-corrected chi connectivity index (χ1v) is 8.41. The first-order chi connectivity index (χ1) is 10.0.